The highest BCUT2D eigenvalue weighted by atomic mass is 16.3. The van der Waals surface area contributed by atoms with Gasteiger partial charge in [-0.1, -0.05) is 30.3 Å². The zero-order valence-corrected chi connectivity index (χ0v) is 14.2. The van der Waals surface area contributed by atoms with E-state index in [-0.39, 0.29) is 19.1 Å². The third-order valence-electron chi connectivity index (χ3n) is 4.07. The van der Waals surface area contributed by atoms with Gasteiger partial charge in [-0.2, -0.15) is 5.10 Å². The van der Waals surface area contributed by atoms with Gasteiger partial charge < -0.3 is 14.6 Å². The first kappa shape index (κ1) is 17.0. The van der Waals surface area contributed by atoms with Crippen LogP contribution < -0.4 is 0 Å². The molecule has 2 aromatic heterocycles. The van der Waals surface area contributed by atoms with Crippen LogP contribution in [0.4, 0.5) is 0 Å². The highest BCUT2D eigenvalue weighted by molar-refractivity contribution is 5.92. The van der Waals surface area contributed by atoms with Crippen LogP contribution in [0, 0.1) is 0 Å². The number of aromatic nitrogens is 3. The Morgan fingerprint density at radius 3 is 2.64 bits per heavy atom. The lowest BCUT2D eigenvalue weighted by Crippen LogP contribution is -2.34. The standard InChI is InChI=1S/C19H22N4O2/c1-21-9-5-8-18(21)19(25)22(10-11-24)13-17-12-20-23(15-17)14-16-6-3-2-4-7-16/h2-9,12,15,24H,10-11,13-14H2,1H3. The summed E-state index contributed by atoms with van der Waals surface area (Å²) >= 11 is 0. The van der Waals surface area contributed by atoms with Crippen molar-refractivity contribution in [1.82, 2.24) is 19.2 Å². The zero-order chi connectivity index (χ0) is 17.6. The van der Waals surface area contributed by atoms with Crippen LogP contribution in [0.2, 0.25) is 0 Å². The van der Waals surface area contributed by atoms with Gasteiger partial charge in [0.15, 0.2) is 0 Å². The molecule has 0 fully saturated rings. The normalized spacial score (nSPS) is 10.8. The van der Waals surface area contributed by atoms with Gasteiger partial charge in [-0.05, 0) is 17.7 Å². The summed E-state index contributed by atoms with van der Waals surface area (Å²) in [6.45, 7) is 1.31. The van der Waals surface area contributed by atoms with Gasteiger partial charge >= 0.3 is 0 Å². The predicted octanol–water partition coefficient (Wildman–Crippen LogP) is 1.90. The van der Waals surface area contributed by atoms with Crippen molar-refractivity contribution in [3.05, 3.63) is 77.9 Å². The number of carbonyl (C=O) groups excluding carboxylic acids is 1. The van der Waals surface area contributed by atoms with Gasteiger partial charge in [-0.25, -0.2) is 0 Å². The van der Waals surface area contributed by atoms with Crippen LogP contribution in [0.15, 0.2) is 61.1 Å². The van der Waals surface area contributed by atoms with E-state index < -0.39 is 0 Å². The summed E-state index contributed by atoms with van der Waals surface area (Å²) in [6, 6.07) is 13.7. The molecule has 0 saturated carbocycles. The van der Waals surface area contributed by atoms with Crippen molar-refractivity contribution in [2.75, 3.05) is 13.2 Å². The summed E-state index contributed by atoms with van der Waals surface area (Å²) in [5, 5.41) is 13.7. The fraction of sp³-hybridized carbons (Fsp3) is 0.263. The van der Waals surface area contributed by atoms with Gasteiger partial charge in [0.25, 0.3) is 5.91 Å². The molecule has 3 aromatic rings. The molecule has 2 heterocycles. The molecule has 6 nitrogen and oxygen atoms in total. The number of carbonyl (C=O) groups is 1. The fourth-order valence-corrected chi connectivity index (χ4v) is 2.78. The predicted molar refractivity (Wildman–Crippen MR) is 95.0 cm³/mol. The summed E-state index contributed by atoms with van der Waals surface area (Å²) in [7, 11) is 1.84. The maximum absolute atomic E-state index is 12.7. The lowest BCUT2D eigenvalue weighted by Gasteiger charge is -2.21. The minimum absolute atomic E-state index is 0.0751. The summed E-state index contributed by atoms with van der Waals surface area (Å²) < 4.78 is 3.64. The molecule has 0 bridgehead atoms. The molecule has 0 saturated heterocycles. The smallest absolute Gasteiger partial charge is 0.270 e. The molecule has 6 heteroatoms. The Labute approximate surface area is 146 Å². The molecular formula is C19H22N4O2. The van der Waals surface area contributed by atoms with Gasteiger partial charge in [0.1, 0.15) is 5.69 Å². The molecule has 0 atom stereocenters. The quantitative estimate of drug-likeness (QED) is 0.716. The van der Waals surface area contributed by atoms with Crippen molar-refractivity contribution in [2.24, 2.45) is 7.05 Å². The van der Waals surface area contributed by atoms with Crippen LogP contribution >= 0.6 is 0 Å². The van der Waals surface area contributed by atoms with E-state index in [4.69, 9.17) is 0 Å². The second-order valence-corrected chi connectivity index (χ2v) is 5.99. The number of benzene rings is 1. The molecule has 1 amide bonds. The molecule has 3 rings (SSSR count). The monoisotopic (exact) mass is 338 g/mol. The van der Waals surface area contributed by atoms with Crippen LogP contribution in [0.1, 0.15) is 21.6 Å². The van der Waals surface area contributed by atoms with E-state index in [1.807, 2.05) is 48.4 Å². The van der Waals surface area contributed by atoms with E-state index >= 15 is 0 Å². The molecule has 25 heavy (non-hydrogen) atoms. The van der Waals surface area contributed by atoms with Crippen LogP contribution in [0.5, 0.6) is 0 Å². The Bertz CT molecular complexity index is 823. The summed E-state index contributed by atoms with van der Waals surface area (Å²) in [4.78, 5) is 14.3. The third kappa shape index (κ3) is 4.16. The van der Waals surface area contributed by atoms with Gasteiger partial charge in [0.2, 0.25) is 0 Å². The number of aryl methyl sites for hydroxylation is 1. The van der Waals surface area contributed by atoms with E-state index in [2.05, 4.69) is 17.2 Å². The number of aliphatic hydroxyl groups is 1. The Morgan fingerprint density at radius 1 is 1.16 bits per heavy atom. The highest BCUT2D eigenvalue weighted by Crippen LogP contribution is 2.11. The molecule has 0 aliphatic carbocycles. The molecule has 0 aliphatic rings. The molecule has 0 spiro atoms. The average molecular weight is 338 g/mol. The third-order valence-corrected chi connectivity index (χ3v) is 4.07. The molecule has 1 N–H and O–H groups in total. The summed E-state index contributed by atoms with van der Waals surface area (Å²) in [5.41, 5.74) is 2.71. The maximum atomic E-state index is 12.7. The molecule has 0 unspecified atom stereocenters. The average Bonchev–Trinajstić information content (AvgIpc) is 3.24. The SMILES string of the molecule is Cn1cccc1C(=O)N(CCO)Cc1cnn(Cc2ccccc2)c1. The van der Waals surface area contributed by atoms with E-state index in [9.17, 15) is 9.90 Å². The van der Waals surface area contributed by atoms with E-state index in [1.54, 1.807) is 21.7 Å². The van der Waals surface area contributed by atoms with Gasteiger partial charge in [0.05, 0.1) is 19.3 Å². The van der Waals surface area contributed by atoms with Gasteiger partial charge in [-0.15, -0.1) is 0 Å². The molecule has 0 aliphatic heterocycles. The second kappa shape index (κ2) is 7.81. The summed E-state index contributed by atoms with van der Waals surface area (Å²) in [6.07, 6.45) is 5.55. The Hall–Kier alpha value is -2.86. The minimum atomic E-state index is -0.0997. The van der Waals surface area contributed by atoms with Crippen LogP contribution in [0.3, 0.4) is 0 Å². The number of hydrogen-bond donors (Lipinski definition) is 1. The number of nitrogens with zero attached hydrogens (tertiary/aromatic N) is 4. The van der Waals surface area contributed by atoms with Crippen LogP contribution in [0.25, 0.3) is 0 Å². The van der Waals surface area contributed by atoms with Gasteiger partial charge in [-0.3, -0.25) is 9.48 Å². The first-order chi connectivity index (χ1) is 12.2. The Kier molecular flexibility index (Phi) is 5.30. The van der Waals surface area contributed by atoms with Crippen molar-refractivity contribution < 1.29 is 9.90 Å². The van der Waals surface area contributed by atoms with E-state index in [0.29, 0.717) is 18.8 Å². The van der Waals surface area contributed by atoms with Crippen molar-refractivity contribution in [1.29, 1.82) is 0 Å². The van der Waals surface area contributed by atoms with Crippen molar-refractivity contribution in [2.45, 2.75) is 13.1 Å². The number of aliphatic hydroxyl groups excluding tert-OH is 1. The van der Waals surface area contributed by atoms with Crippen molar-refractivity contribution in [3.63, 3.8) is 0 Å². The minimum Gasteiger partial charge on any atom is -0.395 e. The largest absolute Gasteiger partial charge is 0.395 e. The summed E-state index contributed by atoms with van der Waals surface area (Å²) in [5.74, 6) is -0.0997. The van der Waals surface area contributed by atoms with E-state index in [0.717, 1.165) is 5.56 Å². The van der Waals surface area contributed by atoms with Crippen molar-refractivity contribution >= 4 is 5.91 Å². The first-order valence-corrected chi connectivity index (χ1v) is 8.24. The molecule has 0 radical (unpaired) electrons. The Morgan fingerprint density at radius 2 is 1.96 bits per heavy atom. The maximum Gasteiger partial charge on any atom is 0.270 e. The fourth-order valence-electron chi connectivity index (χ4n) is 2.78. The number of hydrogen-bond acceptors (Lipinski definition) is 3. The lowest BCUT2D eigenvalue weighted by atomic mass is 10.2. The molecule has 1 aromatic carbocycles. The molecular weight excluding hydrogens is 316 g/mol. The van der Waals surface area contributed by atoms with E-state index in [1.165, 1.54) is 5.56 Å². The van der Waals surface area contributed by atoms with Crippen LogP contribution in [-0.4, -0.2) is 43.4 Å². The number of amides is 1. The van der Waals surface area contributed by atoms with Crippen molar-refractivity contribution in [3.8, 4) is 0 Å². The number of rotatable bonds is 7. The second-order valence-electron chi connectivity index (χ2n) is 5.99. The topological polar surface area (TPSA) is 63.3 Å². The first-order valence-electron chi connectivity index (χ1n) is 8.24. The Balaban J connectivity index is 1.70. The zero-order valence-electron chi connectivity index (χ0n) is 14.2. The highest BCUT2D eigenvalue weighted by Gasteiger charge is 2.18. The molecule has 130 valence electrons. The van der Waals surface area contributed by atoms with Crippen LogP contribution in [-0.2, 0) is 20.1 Å². The van der Waals surface area contributed by atoms with Gasteiger partial charge in [0, 0.05) is 38.1 Å². The lowest BCUT2D eigenvalue weighted by molar-refractivity contribution is 0.0698.